The van der Waals surface area contributed by atoms with E-state index in [2.05, 4.69) is 15.3 Å². The molecule has 0 aliphatic carbocycles. The van der Waals surface area contributed by atoms with E-state index in [1.54, 1.807) is 24.3 Å². The summed E-state index contributed by atoms with van der Waals surface area (Å²) in [7, 11) is -3.48. The number of hydrogen-bond donors (Lipinski definition) is 2. The van der Waals surface area contributed by atoms with Crippen LogP contribution >= 0.6 is 0 Å². The number of ether oxygens (including phenoxy) is 1. The second-order valence-corrected chi connectivity index (χ2v) is 7.78. The summed E-state index contributed by atoms with van der Waals surface area (Å²) < 4.78 is 32.0. The number of nitrogens with two attached hydrogens (primary N) is 1. The molecule has 8 nitrogen and oxygen atoms in total. The minimum atomic E-state index is -3.48. The van der Waals surface area contributed by atoms with Crippen molar-refractivity contribution in [2.24, 2.45) is 0 Å². The highest BCUT2D eigenvalue weighted by Gasteiger charge is 2.21. The number of nitrogens with zero attached hydrogens (tertiary/aromatic N) is 3. The molecule has 0 saturated carbocycles. The molecule has 0 atom stereocenters. The smallest absolute Gasteiger partial charge is 0.243 e. The van der Waals surface area contributed by atoms with Crippen molar-refractivity contribution >= 4 is 27.2 Å². The van der Waals surface area contributed by atoms with E-state index in [1.165, 1.54) is 10.6 Å². The second-order valence-electron chi connectivity index (χ2n) is 5.85. The number of sulfonamides is 1. The van der Waals surface area contributed by atoms with Crippen LogP contribution in [0.25, 0.3) is 0 Å². The third-order valence-electron chi connectivity index (χ3n) is 3.65. The Bertz CT molecular complexity index is 834. The number of nitrogens with one attached hydrogen (secondary N) is 1. The number of hydrogen-bond acceptors (Lipinski definition) is 7. The van der Waals surface area contributed by atoms with Gasteiger partial charge in [0, 0.05) is 18.8 Å². The van der Waals surface area contributed by atoms with Crippen molar-refractivity contribution in [2.75, 3.05) is 24.1 Å². The van der Waals surface area contributed by atoms with Gasteiger partial charge in [0.15, 0.2) is 5.82 Å². The Morgan fingerprint density at radius 2 is 1.77 bits per heavy atom. The van der Waals surface area contributed by atoms with Gasteiger partial charge in [-0.3, -0.25) is 0 Å². The molecule has 0 bridgehead atoms. The first-order valence-corrected chi connectivity index (χ1v) is 9.87. The van der Waals surface area contributed by atoms with Crippen LogP contribution in [0.5, 0.6) is 5.88 Å². The summed E-state index contributed by atoms with van der Waals surface area (Å²) in [5, 5.41) is 3.06. The van der Waals surface area contributed by atoms with Crippen molar-refractivity contribution in [2.45, 2.75) is 38.7 Å². The van der Waals surface area contributed by atoms with Crippen LogP contribution in [0.2, 0.25) is 0 Å². The summed E-state index contributed by atoms with van der Waals surface area (Å²) in [6, 6.07) is 6.44. The van der Waals surface area contributed by atoms with Crippen LogP contribution in [0.4, 0.5) is 17.2 Å². The van der Waals surface area contributed by atoms with Gasteiger partial charge in [0.1, 0.15) is 12.0 Å². The van der Waals surface area contributed by atoms with Crippen LogP contribution in [0.15, 0.2) is 35.5 Å². The van der Waals surface area contributed by atoms with Crippen LogP contribution < -0.4 is 15.8 Å². The minimum absolute atomic E-state index is 0.0652. The maximum absolute atomic E-state index is 12.5. The fourth-order valence-electron chi connectivity index (χ4n) is 2.36. The lowest BCUT2D eigenvalue weighted by Gasteiger charge is -2.18. The van der Waals surface area contributed by atoms with Gasteiger partial charge >= 0.3 is 0 Å². The summed E-state index contributed by atoms with van der Waals surface area (Å²) >= 11 is 0. The van der Waals surface area contributed by atoms with Crippen molar-refractivity contribution in [3.8, 4) is 5.88 Å². The van der Waals surface area contributed by atoms with E-state index in [9.17, 15) is 8.42 Å². The fraction of sp³-hybridized carbons (Fsp3) is 0.412. The molecule has 26 heavy (non-hydrogen) atoms. The van der Waals surface area contributed by atoms with Crippen molar-refractivity contribution in [3.05, 3.63) is 30.6 Å². The van der Waals surface area contributed by atoms with Crippen molar-refractivity contribution in [1.29, 1.82) is 0 Å². The second kappa shape index (κ2) is 8.33. The Morgan fingerprint density at radius 3 is 2.31 bits per heavy atom. The first-order valence-electron chi connectivity index (χ1n) is 8.43. The van der Waals surface area contributed by atoms with E-state index in [-0.39, 0.29) is 11.0 Å². The number of aromatic nitrogens is 2. The van der Waals surface area contributed by atoms with E-state index in [0.29, 0.717) is 36.2 Å². The van der Waals surface area contributed by atoms with E-state index in [1.807, 2.05) is 27.7 Å². The molecular weight excluding hydrogens is 354 g/mol. The van der Waals surface area contributed by atoms with Crippen molar-refractivity contribution in [3.63, 3.8) is 0 Å². The lowest BCUT2D eigenvalue weighted by molar-refractivity contribution is 0.234. The fourth-order valence-corrected chi connectivity index (χ4v) is 3.81. The molecule has 9 heteroatoms. The Morgan fingerprint density at radius 1 is 1.15 bits per heavy atom. The van der Waals surface area contributed by atoms with Crippen molar-refractivity contribution < 1.29 is 13.2 Å². The van der Waals surface area contributed by atoms with Gasteiger partial charge in [-0.1, -0.05) is 13.8 Å². The summed E-state index contributed by atoms with van der Waals surface area (Å²) in [6.45, 7) is 8.23. The molecule has 0 aliphatic heterocycles. The Labute approximate surface area is 154 Å². The summed E-state index contributed by atoms with van der Waals surface area (Å²) in [4.78, 5) is 8.38. The standard InChI is InChI=1S/C17H25N5O3S/c1-5-22(6-2)26(23,24)14-9-7-13(8-10-14)21-16-15(18)17(20-11-19-16)25-12(3)4/h7-12H,5-6,18H2,1-4H3,(H,19,20,21). The molecule has 0 saturated heterocycles. The third-order valence-corrected chi connectivity index (χ3v) is 5.72. The first-order chi connectivity index (χ1) is 12.3. The number of anilines is 3. The molecule has 0 unspecified atom stereocenters. The van der Waals surface area contributed by atoms with Gasteiger partial charge in [-0.2, -0.15) is 9.29 Å². The Kier molecular flexibility index (Phi) is 6.38. The monoisotopic (exact) mass is 379 g/mol. The predicted molar refractivity (Wildman–Crippen MR) is 102 cm³/mol. The average Bonchev–Trinajstić information content (AvgIpc) is 2.59. The SMILES string of the molecule is CCN(CC)S(=O)(=O)c1ccc(Nc2ncnc(OC(C)C)c2N)cc1. The van der Waals surface area contributed by atoms with Crippen LogP contribution in [0.1, 0.15) is 27.7 Å². The number of rotatable bonds is 8. The zero-order chi connectivity index (χ0) is 19.3. The highest BCUT2D eigenvalue weighted by molar-refractivity contribution is 7.89. The normalized spacial score (nSPS) is 11.8. The minimum Gasteiger partial charge on any atom is -0.473 e. The van der Waals surface area contributed by atoms with E-state index in [4.69, 9.17) is 10.5 Å². The molecular formula is C17H25N5O3S. The maximum Gasteiger partial charge on any atom is 0.243 e. The zero-order valence-corrected chi connectivity index (χ0v) is 16.2. The van der Waals surface area contributed by atoms with Crippen LogP contribution in [0, 0.1) is 0 Å². The quantitative estimate of drug-likeness (QED) is 0.725. The highest BCUT2D eigenvalue weighted by Crippen LogP contribution is 2.28. The molecule has 142 valence electrons. The van der Waals surface area contributed by atoms with Gasteiger partial charge < -0.3 is 15.8 Å². The molecule has 0 spiro atoms. The topological polar surface area (TPSA) is 110 Å². The summed E-state index contributed by atoms with van der Waals surface area (Å²) in [5.74, 6) is 0.702. The zero-order valence-electron chi connectivity index (χ0n) is 15.4. The van der Waals surface area contributed by atoms with E-state index >= 15 is 0 Å². The maximum atomic E-state index is 12.5. The van der Waals surface area contributed by atoms with Crippen LogP contribution in [-0.2, 0) is 10.0 Å². The van der Waals surface area contributed by atoms with E-state index in [0.717, 1.165) is 0 Å². The number of benzene rings is 1. The van der Waals surface area contributed by atoms with Gasteiger partial charge in [0.25, 0.3) is 0 Å². The molecule has 3 N–H and O–H groups in total. The lowest BCUT2D eigenvalue weighted by atomic mass is 10.3. The average molecular weight is 379 g/mol. The Hall–Kier alpha value is -2.39. The largest absolute Gasteiger partial charge is 0.473 e. The lowest BCUT2D eigenvalue weighted by Crippen LogP contribution is -2.30. The van der Waals surface area contributed by atoms with Gasteiger partial charge in [0.05, 0.1) is 11.0 Å². The molecule has 2 aromatic rings. The molecule has 0 amide bonds. The Balaban J connectivity index is 2.23. The van der Waals surface area contributed by atoms with Crippen LogP contribution in [0.3, 0.4) is 0 Å². The van der Waals surface area contributed by atoms with Gasteiger partial charge in [-0.05, 0) is 38.1 Å². The summed E-state index contributed by atoms with van der Waals surface area (Å²) in [5.41, 5.74) is 6.99. The van der Waals surface area contributed by atoms with Crippen molar-refractivity contribution in [1.82, 2.24) is 14.3 Å². The molecule has 0 radical (unpaired) electrons. The number of nitrogen functional groups attached to an aromatic ring is 1. The third kappa shape index (κ3) is 4.41. The first kappa shape index (κ1) is 19.9. The predicted octanol–water partition coefficient (Wildman–Crippen LogP) is 2.62. The molecule has 1 aromatic heterocycles. The molecule has 2 rings (SSSR count). The van der Waals surface area contributed by atoms with Gasteiger partial charge in [0.2, 0.25) is 15.9 Å². The van der Waals surface area contributed by atoms with Gasteiger partial charge in [-0.15, -0.1) is 0 Å². The molecule has 1 aromatic carbocycles. The molecule has 1 heterocycles. The molecule has 0 aliphatic rings. The van der Waals surface area contributed by atoms with E-state index < -0.39 is 10.0 Å². The van der Waals surface area contributed by atoms with Gasteiger partial charge in [-0.25, -0.2) is 13.4 Å². The summed E-state index contributed by atoms with van der Waals surface area (Å²) in [6.07, 6.45) is 1.29. The molecule has 0 fully saturated rings. The van der Waals surface area contributed by atoms with Crippen LogP contribution in [-0.4, -0.2) is 41.9 Å². The highest BCUT2D eigenvalue weighted by atomic mass is 32.2.